The molecule has 4 nitrogen and oxygen atoms in total. The number of ether oxygens (including phenoxy) is 1. The van der Waals surface area contributed by atoms with Crippen molar-refractivity contribution < 1.29 is 18.3 Å². The number of hydrogen-bond acceptors (Lipinski definition) is 3. The molecule has 1 atom stereocenters. The third kappa shape index (κ3) is 3.00. The van der Waals surface area contributed by atoms with Gasteiger partial charge in [0.1, 0.15) is 0 Å². The second kappa shape index (κ2) is 5.71. The van der Waals surface area contributed by atoms with Gasteiger partial charge in [-0.15, -0.1) is 0 Å². The van der Waals surface area contributed by atoms with Gasteiger partial charge in [-0.2, -0.15) is 0 Å². The molecule has 0 N–H and O–H groups in total. The Morgan fingerprint density at radius 2 is 1.86 bits per heavy atom. The number of nitrogens with zero attached hydrogens (tertiary/aromatic N) is 2. The van der Waals surface area contributed by atoms with Gasteiger partial charge in [-0.05, 0) is 31.7 Å². The normalized spacial score (nSPS) is 31.5. The lowest BCUT2D eigenvalue weighted by Gasteiger charge is -2.43. The van der Waals surface area contributed by atoms with E-state index in [-0.39, 0.29) is 24.2 Å². The van der Waals surface area contributed by atoms with Gasteiger partial charge in [0.15, 0.2) is 0 Å². The van der Waals surface area contributed by atoms with Crippen LogP contribution in [0.5, 0.6) is 0 Å². The summed E-state index contributed by atoms with van der Waals surface area (Å²) in [6.45, 7) is 3.23. The summed E-state index contributed by atoms with van der Waals surface area (Å²) in [4.78, 5) is 16.4. The summed E-state index contributed by atoms with van der Waals surface area (Å²) in [5, 5.41) is 0. The molecule has 22 heavy (non-hydrogen) atoms. The fraction of sp³-hybridized carbons (Fsp3) is 0.938. The number of hydrogen-bond donors (Lipinski definition) is 0. The van der Waals surface area contributed by atoms with E-state index >= 15 is 0 Å². The van der Waals surface area contributed by atoms with Crippen molar-refractivity contribution in [2.75, 3.05) is 40.4 Å². The summed E-state index contributed by atoms with van der Waals surface area (Å²) in [7, 11) is 3.86. The van der Waals surface area contributed by atoms with Crippen LogP contribution in [0, 0.1) is 11.3 Å². The Morgan fingerprint density at radius 1 is 1.23 bits per heavy atom. The Hall–Kier alpha value is -0.750. The van der Waals surface area contributed by atoms with E-state index in [9.17, 15) is 13.6 Å². The zero-order valence-corrected chi connectivity index (χ0v) is 13.5. The fourth-order valence-corrected chi connectivity index (χ4v) is 4.41. The molecule has 126 valence electrons. The average Bonchev–Trinajstić information content (AvgIpc) is 2.73. The number of halogens is 2. The Morgan fingerprint density at radius 3 is 2.41 bits per heavy atom. The molecule has 0 radical (unpaired) electrons. The molecule has 3 aliphatic rings. The Balaban J connectivity index is 1.52. The first kappa shape index (κ1) is 16.1. The van der Waals surface area contributed by atoms with Crippen molar-refractivity contribution in [2.45, 2.75) is 44.1 Å². The Kier molecular flexibility index (Phi) is 4.18. The minimum Gasteiger partial charge on any atom is -0.383 e. The number of piperidine rings is 1. The monoisotopic (exact) mass is 316 g/mol. The van der Waals surface area contributed by atoms with Crippen LogP contribution in [0.25, 0.3) is 0 Å². The maximum atomic E-state index is 12.9. The van der Waals surface area contributed by atoms with Gasteiger partial charge in [-0.3, -0.25) is 4.79 Å². The maximum Gasteiger partial charge on any atom is 0.249 e. The topological polar surface area (TPSA) is 32.8 Å². The van der Waals surface area contributed by atoms with Crippen molar-refractivity contribution in [1.82, 2.24) is 9.80 Å². The van der Waals surface area contributed by atoms with Crippen molar-refractivity contribution >= 4 is 5.91 Å². The number of likely N-dealkylation sites (tertiary alicyclic amines) is 2. The smallest absolute Gasteiger partial charge is 0.249 e. The van der Waals surface area contributed by atoms with Crippen LogP contribution < -0.4 is 0 Å². The molecule has 1 spiro atoms. The predicted molar refractivity (Wildman–Crippen MR) is 78.8 cm³/mol. The van der Waals surface area contributed by atoms with Gasteiger partial charge in [0.25, 0.3) is 0 Å². The molecule has 1 saturated carbocycles. The van der Waals surface area contributed by atoms with Crippen LogP contribution in [0.2, 0.25) is 0 Å². The van der Waals surface area contributed by atoms with E-state index in [1.807, 2.05) is 4.90 Å². The molecule has 2 saturated heterocycles. The number of alkyl halides is 2. The van der Waals surface area contributed by atoms with Crippen molar-refractivity contribution in [3.8, 4) is 0 Å². The number of methoxy groups -OCH3 is 1. The molecule has 0 bridgehead atoms. The van der Waals surface area contributed by atoms with Crippen LogP contribution in [0.15, 0.2) is 0 Å². The van der Waals surface area contributed by atoms with Crippen molar-refractivity contribution in [2.24, 2.45) is 11.3 Å². The highest BCUT2D eigenvalue weighted by Crippen LogP contribution is 2.46. The number of likely N-dealkylation sites (N-methyl/N-ethyl adjacent to an activating group) is 1. The molecule has 3 rings (SSSR count). The third-order valence-electron chi connectivity index (χ3n) is 5.81. The standard InChI is InChI=1S/C16H26F2N2O2/c1-19-11-15(9-13(19)10-22-2)3-5-20(6-4-15)14(21)12-7-16(17,18)8-12/h12-13H,3-11H2,1-2H3/t13-/m0/s1. The first-order chi connectivity index (χ1) is 10.3. The van der Waals surface area contributed by atoms with E-state index in [0.29, 0.717) is 19.1 Å². The highest BCUT2D eigenvalue weighted by molar-refractivity contribution is 5.80. The van der Waals surface area contributed by atoms with Gasteiger partial charge < -0.3 is 14.5 Å². The van der Waals surface area contributed by atoms with E-state index in [2.05, 4.69) is 11.9 Å². The first-order valence-corrected chi connectivity index (χ1v) is 8.20. The van der Waals surface area contributed by atoms with Crippen molar-refractivity contribution in [1.29, 1.82) is 0 Å². The first-order valence-electron chi connectivity index (χ1n) is 8.20. The fourth-order valence-electron chi connectivity index (χ4n) is 4.41. The molecule has 0 aromatic rings. The Bertz CT molecular complexity index is 428. The zero-order valence-electron chi connectivity index (χ0n) is 13.5. The molecular weight excluding hydrogens is 290 g/mol. The minimum atomic E-state index is -2.61. The SMILES string of the molecule is COC[C@@H]1CC2(CCN(C(=O)C3CC(F)(F)C3)CC2)CN1C. The van der Waals surface area contributed by atoms with Crippen LogP contribution in [0.3, 0.4) is 0 Å². The average molecular weight is 316 g/mol. The molecular formula is C16H26F2N2O2. The quantitative estimate of drug-likeness (QED) is 0.798. The number of carbonyl (C=O) groups excluding carboxylic acids is 1. The molecule has 0 aromatic heterocycles. The summed E-state index contributed by atoms with van der Waals surface area (Å²) in [5.74, 6) is -3.11. The molecule has 0 aromatic carbocycles. The van der Waals surface area contributed by atoms with E-state index < -0.39 is 11.8 Å². The molecule has 2 aliphatic heterocycles. The summed E-state index contributed by atoms with van der Waals surface area (Å²) in [6.07, 6.45) is 2.55. The maximum absolute atomic E-state index is 12.9. The molecule has 6 heteroatoms. The number of amides is 1. The van der Waals surface area contributed by atoms with Crippen molar-refractivity contribution in [3.63, 3.8) is 0 Å². The largest absolute Gasteiger partial charge is 0.383 e. The highest BCUT2D eigenvalue weighted by Gasteiger charge is 2.51. The van der Waals surface area contributed by atoms with Crippen LogP contribution in [-0.2, 0) is 9.53 Å². The lowest BCUT2D eigenvalue weighted by atomic mass is 9.75. The summed E-state index contributed by atoms with van der Waals surface area (Å²) in [5.41, 5.74) is 0.276. The van der Waals surface area contributed by atoms with E-state index in [0.717, 1.165) is 32.4 Å². The van der Waals surface area contributed by atoms with Crippen LogP contribution in [0.4, 0.5) is 8.78 Å². The molecule has 3 fully saturated rings. The molecule has 1 aliphatic carbocycles. The molecule has 1 amide bonds. The lowest BCUT2D eigenvalue weighted by Crippen LogP contribution is -2.50. The second-order valence-electron chi connectivity index (χ2n) is 7.51. The van der Waals surface area contributed by atoms with Gasteiger partial charge in [0.05, 0.1) is 6.61 Å². The van der Waals surface area contributed by atoms with Crippen molar-refractivity contribution in [3.05, 3.63) is 0 Å². The zero-order chi connectivity index (χ0) is 16.0. The van der Waals surface area contributed by atoms with Crippen LogP contribution in [0.1, 0.15) is 32.1 Å². The van der Waals surface area contributed by atoms with Gasteiger partial charge in [-0.25, -0.2) is 8.78 Å². The number of carbonyl (C=O) groups is 1. The second-order valence-corrected chi connectivity index (χ2v) is 7.51. The van der Waals surface area contributed by atoms with Gasteiger partial charge in [0.2, 0.25) is 11.8 Å². The van der Waals surface area contributed by atoms with E-state index in [1.165, 1.54) is 0 Å². The van der Waals surface area contributed by atoms with Gasteiger partial charge in [0, 0.05) is 51.5 Å². The predicted octanol–water partition coefficient (Wildman–Crippen LogP) is 1.99. The van der Waals surface area contributed by atoms with E-state index in [4.69, 9.17) is 4.74 Å². The highest BCUT2D eigenvalue weighted by atomic mass is 19.3. The lowest BCUT2D eigenvalue weighted by molar-refractivity contribution is -0.161. The summed E-state index contributed by atoms with van der Waals surface area (Å²) in [6, 6.07) is 0.456. The third-order valence-corrected chi connectivity index (χ3v) is 5.81. The Labute approximate surface area is 130 Å². The van der Waals surface area contributed by atoms with Gasteiger partial charge in [-0.1, -0.05) is 0 Å². The summed E-state index contributed by atoms with van der Waals surface area (Å²) >= 11 is 0. The summed E-state index contributed by atoms with van der Waals surface area (Å²) < 4.78 is 31.1. The van der Waals surface area contributed by atoms with E-state index in [1.54, 1.807) is 7.11 Å². The minimum absolute atomic E-state index is 0.0550. The van der Waals surface area contributed by atoms with Gasteiger partial charge >= 0.3 is 0 Å². The van der Waals surface area contributed by atoms with Crippen LogP contribution in [-0.4, -0.2) is 68.1 Å². The van der Waals surface area contributed by atoms with Crippen LogP contribution >= 0.6 is 0 Å². The molecule has 0 unspecified atom stereocenters. The number of rotatable bonds is 3. The molecule has 2 heterocycles.